The normalized spacial score (nSPS) is 14.5. The van der Waals surface area contributed by atoms with Crippen molar-refractivity contribution in [2.75, 3.05) is 13.1 Å². The highest BCUT2D eigenvalue weighted by atomic mass is 16.5. The van der Waals surface area contributed by atoms with Crippen LogP contribution in [0.5, 0.6) is 5.75 Å². The summed E-state index contributed by atoms with van der Waals surface area (Å²) in [5.74, 6) is 1.42. The molecular formula is C19H18N4O3. The maximum absolute atomic E-state index is 12.1. The number of carbonyl (C=O) groups is 1. The van der Waals surface area contributed by atoms with E-state index in [2.05, 4.69) is 10.3 Å². The van der Waals surface area contributed by atoms with E-state index in [1.165, 1.54) is 6.08 Å². The highest BCUT2D eigenvalue weighted by Crippen LogP contribution is 2.21. The second kappa shape index (κ2) is 7.26. The molecule has 0 N–H and O–H groups in total. The molecule has 1 fully saturated rings. The van der Waals surface area contributed by atoms with Crippen LogP contribution in [-0.2, 0) is 11.4 Å². The van der Waals surface area contributed by atoms with Crippen molar-refractivity contribution >= 4 is 12.0 Å². The standard InChI is InChI=1S/C19H18N4O3/c24-19(9-8-18-7-4-10-25-18)22-12-16(13-22)23-11-15(20-21-23)14-26-17-5-2-1-3-6-17/h1-11,16H,12-14H2/b9-8+. The first kappa shape index (κ1) is 16.1. The molecule has 0 saturated carbocycles. The maximum atomic E-state index is 12.1. The number of amides is 1. The van der Waals surface area contributed by atoms with Gasteiger partial charge in [-0.05, 0) is 30.3 Å². The zero-order chi connectivity index (χ0) is 17.8. The van der Waals surface area contributed by atoms with Crippen LogP contribution in [-0.4, -0.2) is 38.9 Å². The van der Waals surface area contributed by atoms with Gasteiger partial charge in [0.15, 0.2) is 0 Å². The second-order valence-corrected chi connectivity index (χ2v) is 6.04. The Labute approximate surface area is 150 Å². The van der Waals surface area contributed by atoms with E-state index in [1.807, 2.05) is 36.5 Å². The van der Waals surface area contributed by atoms with Crippen LogP contribution in [0.4, 0.5) is 0 Å². The minimum Gasteiger partial charge on any atom is -0.487 e. The summed E-state index contributed by atoms with van der Waals surface area (Å²) in [6, 6.07) is 13.3. The zero-order valence-corrected chi connectivity index (χ0v) is 14.1. The van der Waals surface area contributed by atoms with E-state index in [0.29, 0.717) is 25.5 Å². The largest absolute Gasteiger partial charge is 0.487 e. The van der Waals surface area contributed by atoms with Gasteiger partial charge in [-0.25, -0.2) is 4.68 Å². The summed E-state index contributed by atoms with van der Waals surface area (Å²) in [6.07, 6.45) is 6.64. The van der Waals surface area contributed by atoms with Gasteiger partial charge < -0.3 is 14.1 Å². The van der Waals surface area contributed by atoms with Crippen molar-refractivity contribution in [2.45, 2.75) is 12.6 Å². The number of rotatable bonds is 6. The first-order valence-electron chi connectivity index (χ1n) is 8.37. The van der Waals surface area contributed by atoms with Crippen molar-refractivity contribution in [1.29, 1.82) is 0 Å². The molecule has 7 heteroatoms. The van der Waals surface area contributed by atoms with E-state index in [-0.39, 0.29) is 11.9 Å². The predicted octanol–water partition coefficient (Wildman–Crippen LogP) is 2.55. The Kier molecular flexibility index (Phi) is 4.51. The van der Waals surface area contributed by atoms with Gasteiger partial charge in [-0.15, -0.1) is 5.10 Å². The Bertz CT molecular complexity index is 881. The van der Waals surface area contributed by atoms with Crippen molar-refractivity contribution in [3.05, 3.63) is 72.5 Å². The molecule has 4 rings (SSSR count). The fourth-order valence-electron chi connectivity index (χ4n) is 2.68. The first-order chi connectivity index (χ1) is 12.8. The summed E-state index contributed by atoms with van der Waals surface area (Å²) in [5.41, 5.74) is 0.761. The number of furan rings is 1. The van der Waals surface area contributed by atoms with Crippen LogP contribution < -0.4 is 4.74 Å². The van der Waals surface area contributed by atoms with E-state index >= 15 is 0 Å². The lowest BCUT2D eigenvalue weighted by molar-refractivity contribution is -0.131. The number of hydrogen-bond donors (Lipinski definition) is 0. The summed E-state index contributed by atoms with van der Waals surface area (Å²) in [4.78, 5) is 13.9. The second-order valence-electron chi connectivity index (χ2n) is 6.04. The molecule has 132 valence electrons. The van der Waals surface area contributed by atoms with Gasteiger partial charge in [0.25, 0.3) is 0 Å². The topological polar surface area (TPSA) is 73.4 Å². The molecule has 1 aliphatic heterocycles. The number of carbonyl (C=O) groups excluding carboxylic acids is 1. The lowest BCUT2D eigenvalue weighted by Crippen LogP contribution is -2.50. The Morgan fingerprint density at radius 2 is 2.08 bits per heavy atom. The van der Waals surface area contributed by atoms with Gasteiger partial charge >= 0.3 is 0 Å². The Morgan fingerprint density at radius 3 is 2.85 bits per heavy atom. The molecular weight excluding hydrogens is 332 g/mol. The quantitative estimate of drug-likeness (QED) is 0.639. The summed E-state index contributed by atoms with van der Waals surface area (Å²) in [5, 5.41) is 8.28. The number of para-hydroxylation sites is 1. The fraction of sp³-hybridized carbons (Fsp3) is 0.211. The van der Waals surface area contributed by atoms with Gasteiger partial charge in [-0.2, -0.15) is 0 Å². The highest BCUT2D eigenvalue weighted by Gasteiger charge is 2.31. The molecule has 3 heterocycles. The molecule has 0 spiro atoms. The third-order valence-electron chi connectivity index (χ3n) is 4.17. The third kappa shape index (κ3) is 3.66. The van der Waals surface area contributed by atoms with E-state index in [1.54, 1.807) is 34.1 Å². The molecule has 1 aliphatic rings. The van der Waals surface area contributed by atoms with E-state index < -0.39 is 0 Å². The SMILES string of the molecule is O=C(/C=C/c1ccco1)N1CC(n2cc(COc3ccccc3)nn2)C1. The van der Waals surface area contributed by atoms with E-state index in [4.69, 9.17) is 9.15 Å². The Hall–Kier alpha value is -3.35. The minimum atomic E-state index is -0.0367. The zero-order valence-electron chi connectivity index (χ0n) is 14.1. The van der Waals surface area contributed by atoms with Gasteiger partial charge in [-0.3, -0.25) is 4.79 Å². The molecule has 1 amide bonds. The van der Waals surface area contributed by atoms with Crippen molar-refractivity contribution in [3.8, 4) is 5.75 Å². The lowest BCUT2D eigenvalue weighted by Gasteiger charge is -2.38. The molecule has 0 unspecified atom stereocenters. The first-order valence-corrected chi connectivity index (χ1v) is 8.37. The average Bonchev–Trinajstić information content (AvgIpc) is 3.30. The summed E-state index contributed by atoms with van der Waals surface area (Å²) in [7, 11) is 0. The number of benzene rings is 1. The van der Waals surface area contributed by atoms with Crippen LogP contribution in [0.2, 0.25) is 0 Å². The van der Waals surface area contributed by atoms with E-state index in [9.17, 15) is 4.79 Å². The Morgan fingerprint density at radius 1 is 1.23 bits per heavy atom. The Balaban J connectivity index is 1.26. The monoisotopic (exact) mass is 350 g/mol. The van der Waals surface area contributed by atoms with Crippen LogP contribution in [0.3, 0.4) is 0 Å². The number of hydrogen-bond acceptors (Lipinski definition) is 5. The van der Waals surface area contributed by atoms with Crippen LogP contribution in [0.15, 0.2) is 65.4 Å². The van der Waals surface area contributed by atoms with Crippen molar-refractivity contribution in [2.24, 2.45) is 0 Å². The summed E-state index contributed by atoms with van der Waals surface area (Å²) < 4.78 is 12.6. The van der Waals surface area contributed by atoms with Crippen molar-refractivity contribution in [3.63, 3.8) is 0 Å². The third-order valence-corrected chi connectivity index (χ3v) is 4.17. The summed E-state index contributed by atoms with van der Waals surface area (Å²) in [6.45, 7) is 1.60. The minimum absolute atomic E-state index is 0.0367. The molecule has 1 aromatic carbocycles. The van der Waals surface area contributed by atoms with Gasteiger partial charge in [-0.1, -0.05) is 23.4 Å². The van der Waals surface area contributed by atoms with Crippen molar-refractivity contribution < 1.29 is 13.9 Å². The smallest absolute Gasteiger partial charge is 0.246 e. The molecule has 0 bridgehead atoms. The molecule has 26 heavy (non-hydrogen) atoms. The highest BCUT2D eigenvalue weighted by molar-refractivity contribution is 5.92. The van der Waals surface area contributed by atoms with Gasteiger partial charge in [0.05, 0.1) is 18.5 Å². The molecule has 0 atom stereocenters. The summed E-state index contributed by atoms with van der Waals surface area (Å²) >= 11 is 0. The van der Waals surface area contributed by atoms with Crippen molar-refractivity contribution in [1.82, 2.24) is 19.9 Å². The van der Waals surface area contributed by atoms with Gasteiger partial charge in [0.2, 0.25) is 5.91 Å². The molecule has 0 aliphatic carbocycles. The van der Waals surface area contributed by atoms with Crippen LogP contribution in [0.1, 0.15) is 17.5 Å². The molecule has 0 radical (unpaired) electrons. The maximum Gasteiger partial charge on any atom is 0.246 e. The molecule has 3 aromatic rings. The van der Waals surface area contributed by atoms with Crippen LogP contribution in [0.25, 0.3) is 6.08 Å². The van der Waals surface area contributed by atoms with Crippen LogP contribution in [0, 0.1) is 0 Å². The lowest BCUT2D eigenvalue weighted by atomic mass is 10.1. The average molecular weight is 350 g/mol. The number of nitrogens with zero attached hydrogens (tertiary/aromatic N) is 4. The van der Waals surface area contributed by atoms with Gasteiger partial charge in [0.1, 0.15) is 23.8 Å². The van der Waals surface area contributed by atoms with E-state index in [0.717, 1.165) is 11.4 Å². The van der Waals surface area contributed by atoms with Gasteiger partial charge in [0, 0.05) is 19.2 Å². The number of likely N-dealkylation sites (tertiary alicyclic amines) is 1. The number of ether oxygens (including phenoxy) is 1. The fourth-order valence-corrected chi connectivity index (χ4v) is 2.68. The predicted molar refractivity (Wildman–Crippen MR) is 94.2 cm³/mol. The molecule has 7 nitrogen and oxygen atoms in total. The molecule has 1 saturated heterocycles. The number of aromatic nitrogens is 3. The molecule has 2 aromatic heterocycles. The van der Waals surface area contributed by atoms with Crippen LogP contribution >= 0.6 is 0 Å².